The molecule has 1 aromatic heterocycles. The van der Waals surface area contributed by atoms with Crippen molar-refractivity contribution in [2.45, 2.75) is 11.3 Å². The third-order valence-corrected chi connectivity index (χ3v) is 2.34. The van der Waals surface area contributed by atoms with Gasteiger partial charge in [0.2, 0.25) is 10.0 Å². The molecule has 0 saturated heterocycles. The monoisotopic (exact) mass is 244 g/mol. The molecule has 9 heteroatoms. The molecule has 2 N–H and O–H groups in total. The Balaban J connectivity index is 3.52. The Labute approximate surface area is 81.8 Å². The van der Waals surface area contributed by atoms with Gasteiger partial charge in [0.15, 0.2) is 5.82 Å². The number of halogens is 4. The fraction of sp³-hybridized carbons (Fsp3) is 0.167. The smallest absolute Gasteiger partial charge is 0.225 e. The lowest BCUT2D eigenvalue weighted by molar-refractivity contribution is 0.143. The minimum atomic E-state index is -4.60. The van der Waals surface area contributed by atoms with Crippen molar-refractivity contribution >= 4 is 10.0 Å². The van der Waals surface area contributed by atoms with Crippen molar-refractivity contribution in [3.8, 4) is 0 Å². The number of nitrogens with zero attached hydrogens (tertiary/aromatic N) is 1. The number of rotatable bonds is 2. The van der Waals surface area contributed by atoms with E-state index in [0.29, 0.717) is 0 Å². The van der Waals surface area contributed by atoms with E-state index < -0.39 is 38.8 Å². The van der Waals surface area contributed by atoms with Gasteiger partial charge in [-0.1, -0.05) is 0 Å². The van der Waals surface area contributed by atoms with Crippen molar-refractivity contribution in [3.63, 3.8) is 0 Å². The molecular formula is C6H4F4N2O2S. The summed E-state index contributed by atoms with van der Waals surface area (Å²) < 4.78 is 70.9. The highest BCUT2D eigenvalue weighted by Crippen LogP contribution is 2.22. The SMILES string of the molecule is NS(=O)(=O)c1cc(C(F)F)nc(F)c1F. The van der Waals surface area contributed by atoms with Crippen LogP contribution in [0.15, 0.2) is 11.0 Å². The number of aromatic nitrogens is 1. The van der Waals surface area contributed by atoms with Crippen LogP contribution in [0.1, 0.15) is 12.1 Å². The molecule has 0 unspecified atom stereocenters. The first-order valence-corrected chi connectivity index (χ1v) is 4.95. The van der Waals surface area contributed by atoms with Crippen LogP contribution in [0.5, 0.6) is 0 Å². The van der Waals surface area contributed by atoms with Gasteiger partial charge in [0.05, 0.1) is 0 Å². The standard InChI is InChI=1S/C6H4F4N2O2S/c7-4-3(15(11,13)14)1-2(5(8)9)12-6(4)10/h1,5H,(H2,11,13,14). The summed E-state index contributed by atoms with van der Waals surface area (Å²) in [5, 5.41) is 4.49. The number of primary sulfonamides is 1. The number of nitrogens with two attached hydrogens (primary N) is 1. The number of pyridine rings is 1. The molecule has 1 rings (SSSR count). The van der Waals surface area contributed by atoms with Gasteiger partial charge >= 0.3 is 0 Å². The molecule has 0 fully saturated rings. The first kappa shape index (κ1) is 11.9. The van der Waals surface area contributed by atoms with Crippen molar-refractivity contribution in [1.82, 2.24) is 4.98 Å². The van der Waals surface area contributed by atoms with E-state index in [2.05, 4.69) is 10.1 Å². The molecule has 15 heavy (non-hydrogen) atoms. The summed E-state index contributed by atoms with van der Waals surface area (Å²) in [5.74, 6) is -3.81. The van der Waals surface area contributed by atoms with Crippen LogP contribution < -0.4 is 5.14 Å². The maximum atomic E-state index is 12.8. The molecule has 0 aliphatic heterocycles. The summed E-state index contributed by atoms with van der Waals surface area (Å²) in [4.78, 5) is 1.19. The highest BCUT2D eigenvalue weighted by Gasteiger charge is 2.23. The Morgan fingerprint density at radius 3 is 2.27 bits per heavy atom. The van der Waals surface area contributed by atoms with Gasteiger partial charge in [0, 0.05) is 0 Å². The zero-order valence-corrected chi connectivity index (χ0v) is 7.73. The molecule has 0 saturated carbocycles. The minimum Gasteiger partial charge on any atom is -0.225 e. The quantitative estimate of drug-likeness (QED) is 0.621. The second-order valence-corrected chi connectivity index (χ2v) is 4.03. The first-order chi connectivity index (χ1) is 6.73. The van der Waals surface area contributed by atoms with Crippen LogP contribution >= 0.6 is 0 Å². The van der Waals surface area contributed by atoms with Crippen LogP contribution in [0, 0.1) is 11.8 Å². The van der Waals surface area contributed by atoms with Gasteiger partial charge in [-0.3, -0.25) is 0 Å². The van der Waals surface area contributed by atoms with Crippen LogP contribution in [0.25, 0.3) is 0 Å². The van der Waals surface area contributed by atoms with Crippen molar-refractivity contribution in [2.75, 3.05) is 0 Å². The molecular weight excluding hydrogens is 240 g/mol. The van der Waals surface area contributed by atoms with E-state index >= 15 is 0 Å². The van der Waals surface area contributed by atoms with Gasteiger partial charge in [0.25, 0.3) is 12.4 Å². The summed E-state index contributed by atoms with van der Waals surface area (Å²) >= 11 is 0. The van der Waals surface area contributed by atoms with Crippen molar-refractivity contribution in [1.29, 1.82) is 0 Å². The van der Waals surface area contributed by atoms with E-state index in [4.69, 9.17) is 0 Å². The van der Waals surface area contributed by atoms with Crippen molar-refractivity contribution < 1.29 is 26.0 Å². The van der Waals surface area contributed by atoms with Crippen molar-refractivity contribution in [2.24, 2.45) is 5.14 Å². The predicted molar refractivity (Wildman–Crippen MR) is 40.5 cm³/mol. The number of hydrogen-bond acceptors (Lipinski definition) is 3. The summed E-state index contributed by atoms with van der Waals surface area (Å²) in [6, 6.07) is 0.193. The first-order valence-electron chi connectivity index (χ1n) is 3.40. The average Bonchev–Trinajstić information content (AvgIpc) is 2.06. The lowest BCUT2D eigenvalue weighted by atomic mass is 10.3. The summed E-state index contributed by atoms with van der Waals surface area (Å²) in [5.41, 5.74) is -1.20. The van der Waals surface area contributed by atoms with E-state index in [-0.39, 0.29) is 6.07 Å². The molecule has 0 aromatic carbocycles. The largest absolute Gasteiger partial charge is 0.280 e. The molecule has 1 aromatic rings. The lowest BCUT2D eigenvalue weighted by Crippen LogP contribution is -2.16. The van der Waals surface area contributed by atoms with Gasteiger partial charge in [0.1, 0.15) is 10.6 Å². The van der Waals surface area contributed by atoms with Crippen LogP contribution in [0.2, 0.25) is 0 Å². The third kappa shape index (κ3) is 2.42. The molecule has 0 radical (unpaired) electrons. The van der Waals surface area contributed by atoms with E-state index in [1.54, 1.807) is 0 Å². The van der Waals surface area contributed by atoms with E-state index in [1.165, 1.54) is 0 Å². The highest BCUT2D eigenvalue weighted by molar-refractivity contribution is 7.89. The van der Waals surface area contributed by atoms with Gasteiger partial charge in [-0.2, -0.15) is 4.39 Å². The number of sulfonamides is 1. The van der Waals surface area contributed by atoms with Crippen LogP contribution in [0.4, 0.5) is 17.6 Å². The minimum absolute atomic E-state index is 0.193. The van der Waals surface area contributed by atoms with Gasteiger partial charge < -0.3 is 0 Å². The van der Waals surface area contributed by atoms with Crippen LogP contribution in [0.3, 0.4) is 0 Å². The maximum absolute atomic E-state index is 12.8. The van der Waals surface area contributed by atoms with E-state index in [9.17, 15) is 26.0 Å². The van der Waals surface area contributed by atoms with Crippen molar-refractivity contribution in [3.05, 3.63) is 23.5 Å². The van der Waals surface area contributed by atoms with Gasteiger partial charge in [-0.25, -0.2) is 31.7 Å². The molecule has 0 amide bonds. The highest BCUT2D eigenvalue weighted by atomic mass is 32.2. The Morgan fingerprint density at radius 1 is 1.33 bits per heavy atom. The summed E-state index contributed by atoms with van der Waals surface area (Å²) in [6.45, 7) is 0. The summed E-state index contributed by atoms with van der Waals surface area (Å²) in [7, 11) is -4.60. The molecule has 0 bridgehead atoms. The Morgan fingerprint density at radius 2 is 1.87 bits per heavy atom. The van der Waals surface area contributed by atoms with Gasteiger partial charge in [-0.15, -0.1) is 0 Å². The summed E-state index contributed by atoms with van der Waals surface area (Å²) in [6.07, 6.45) is -3.22. The van der Waals surface area contributed by atoms with Gasteiger partial charge in [-0.05, 0) is 6.07 Å². The van der Waals surface area contributed by atoms with E-state index in [1.807, 2.05) is 0 Å². The fourth-order valence-electron chi connectivity index (χ4n) is 0.813. The Kier molecular flexibility index (Phi) is 2.95. The number of alkyl halides is 2. The Bertz CT molecular complexity index is 488. The molecule has 1 heterocycles. The normalized spacial score (nSPS) is 12.1. The molecule has 84 valence electrons. The van der Waals surface area contributed by atoms with E-state index in [0.717, 1.165) is 0 Å². The lowest BCUT2D eigenvalue weighted by Gasteiger charge is -2.04. The molecule has 0 aliphatic carbocycles. The predicted octanol–water partition coefficient (Wildman–Crippen LogP) is 0.945. The Hall–Kier alpha value is -1.22. The molecule has 0 spiro atoms. The molecule has 4 nitrogen and oxygen atoms in total. The number of hydrogen-bond donors (Lipinski definition) is 1. The third-order valence-electron chi connectivity index (χ3n) is 1.43. The fourth-order valence-corrected chi connectivity index (χ4v) is 1.43. The molecule has 0 atom stereocenters. The maximum Gasteiger partial charge on any atom is 0.280 e. The average molecular weight is 244 g/mol. The van der Waals surface area contributed by atoms with Crippen LogP contribution in [-0.2, 0) is 10.0 Å². The molecule has 0 aliphatic rings. The zero-order chi connectivity index (χ0) is 11.8. The topological polar surface area (TPSA) is 73.1 Å². The second-order valence-electron chi connectivity index (χ2n) is 2.50. The second kappa shape index (κ2) is 3.74. The zero-order valence-electron chi connectivity index (χ0n) is 6.92. The van der Waals surface area contributed by atoms with Crippen LogP contribution in [-0.4, -0.2) is 13.4 Å².